The largest absolute Gasteiger partial charge is 0.436 e. The Morgan fingerprint density at radius 1 is 1.09 bits per heavy atom. The Bertz CT molecular complexity index is 1320. The molecule has 0 spiro atoms. The summed E-state index contributed by atoms with van der Waals surface area (Å²) in [6.07, 6.45) is 3.12. The van der Waals surface area contributed by atoms with E-state index in [9.17, 15) is 9.59 Å². The zero-order valence-electron chi connectivity index (χ0n) is 17.7. The summed E-state index contributed by atoms with van der Waals surface area (Å²) in [5.74, 6) is 0.471. The van der Waals surface area contributed by atoms with Gasteiger partial charge in [0.15, 0.2) is 5.58 Å². The standard InChI is InChI=1S/C24H23N5O3/c1-28-22(30)14-19(15-25-28)29-11-9-16(10-12-29)23(31)26-18-7-8-21-20(13-18)27-24(32-21)17-5-3-2-4-6-17/h2-8,13-16H,9-12H2,1H3,(H,26,31). The van der Waals surface area contributed by atoms with Crippen molar-refractivity contribution in [3.05, 3.63) is 71.1 Å². The Morgan fingerprint density at radius 3 is 2.62 bits per heavy atom. The third-order valence-corrected chi connectivity index (χ3v) is 5.86. The van der Waals surface area contributed by atoms with Gasteiger partial charge < -0.3 is 14.6 Å². The highest BCUT2D eigenvalue weighted by atomic mass is 16.3. The summed E-state index contributed by atoms with van der Waals surface area (Å²) in [5.41, 5.74) is 3.66. The number of carbonyl (C=O) groups excluding carboxylic acids is 1. The Kier molecular flexibility index (Phi) is 5.18. The van der Waals surface area contributed by atoms with E-state index in [-0.39, 0.29) is 17.4 Å². The number of aryl methyl sites for hydroxylation is 1. The number of benzene rings is 2. The van der Waals surface area contributed by atoms with E-state index in [0.29, 0.717) is 48.6 Å². The summed E-state index contributed by atoms with van der Waals surface area (Å²) in [4.78, 5) is 31.3. The van der Waals surface area contributed by atoms with Gasteiger partial charge in [0.05, 0.1) is 11.9 Å². The van der Waals surface area contributed by atoms with E-state index >= 15 is 0 Å². The molecule has 3 heterocycles. The number of fused-ring (bicyclic) bond motifs is 1. The van der Waals surface area contributed by atoms with Crippen molar-refractivity contribution < 1.29 is 9.21 Å². The van der Waals surface area contributed by atoms with Crippen molar-refractivity contribution in [2.24, 2.45) is 13.0 Å². The molecule has 8 nitrogen and oxygen atoms in total. The second-order valence-electron chi connectivity index (χ2n) is 7.99. The number of hydrogen-bond acceptors (Lipinski definition) is 6. The molecule has 5 rings (SSSR count). The second kappa shape index (κ2) is 8.30. The first-order valence-corrected chi connectivity index (χ1v) is 10.6. The quantitative estimate of drug-likeness (QED) is 0.534. The number of hydrogen-bond donors (Lipinski definition) is 1. The molecule has 0 saturated carbocycles. The van der Waals surface area contributed by atoms with Crippen LogP contribution >= 0.6 is 0 Å². The second-order valence-corrected chi connectivity index (χ2v) is 7.99. The molecule has 4 aromatic rings. The highest BCUT2D eigenvalue weighted by molar-refractivity contribution is 5.94. The minimum atomic E-state index is -0.138. The van der Waals surface area contributed by atoms with E-state index in [1.165, 1.54) is 4.68 Å². The van der Waals surface area contributed by atoms with Gasteiger partial charge in [-0.25, -0.2) is 9.67 Å². The molecule has 0 aliphatic carbocycles. The van der Waals surface area contributed by atoms with Crippen LogP contribution in [-0.4, -0.2) is 33.8 Å². The van der Waals surface area contributed by atoms with Crippen LogP contribution in [0.3, 0.4) is 0 Å². The van der Waals surface area contributed by atoms with E-state index in [1.807, 2.05) is 48.5 Å². The topological polar surface area (TPSA) is 93.3 Å². The third-order valence-electron chi connectivity index (χ3n) is 5.86. The molecule has 1 aliphatic rings. The van der Waals surface area contributed by atoms with Gasteiger partial charge in [-0.05, 0) is 43.2 Å². The molecule has 1 saturated heterocycles. The normalized spacial score (nSPS) is 14.6. The molecule has 0 unspecified atom stereocenters. The van der Waals surface area contributed by atoms with Crippen LogP contribution in [0.15, 0.2) is 70.0 Å². The Labute approximate surface area is 184 Å². The van der Waals surface area contributed by atoms with Gasteiger partial charge in [0.25, 0.3) is 5.56 Å². The van der Waals surface area contributed by atoms with Gasteiger partial charge >= 0.3 is 0 Å². The lowest BCUT2D eigenvalue weighted by molar-refractivity contribution is -0.120. The zero-order chi connectivity index (χ0) is 22.1. The smallest absolute Gasteiger partial charge is 0.268 e. The highest BCUT2D eigenvalue weighted by Crippen LogP contribution is 2.27. The van der Waals surface area contributed by atoms with Crippen molar-refractivity contribution >= 4 is 28.4 Å². The maximum absolute atomic E-state index is 12.8. The van der Waals surface area contributed by atoms with E-state index in [0.717, 1.165) is 11.3 Å². The molecule has 0 radical (unpaired) electrons. The number of aromatic nitrogens is 3. The lowest BCUT2D eigenvalue weighted by Gasteiger charge is -2.32. The van der Waals surface area contributed by atoms with Gasteiger partial charge in [0.1, 0.15) is 5.52 Å². The van der Waals surface area contributed by atoms with Crippen LogP contribution in [0.1, 0.15) is 12.8 Å². The molecule has 0 atom stereocenters. The number of nitrogens with zero attached hydrogens (tertiary/aromatic N) is 4. The van der Waals surface area contributed by atoms with Gasteiger partial charge in [0.2, 0.25) is 11.8 Å². The van der Waals surface area contributed by atoms with E-state index in [4.69, 9.17) is 4.42 Å². The van der Waals surface area contributed by atoms with Crippen LogP contribution in [0.25, 0.3) is 22.6 Å². The molecule has 2 aromatic carbocycles. The number of nitrogens with one attached hydrogen (secondary N) is 1. The summed E-state index contributed by atoms with van der Waals surface area (Å²) in [7, 11) is 1.63. The first-order valence-electron chi connectivity index (χ1n) is 10.6. The molecule has 162 valence electrons. The average molecular weight is 429 g/mol. The average Bonchev–Trinajstić information content (AvgIpc) is 3.25. The van der Waals surface area contributed by atoms with Crippen LogP contribution in [-0.2, 0) is 11.8 Å². The van der Waals surface area contributed by atoms with Crippen molar-refractivity contribution in [3.8, 4) is 11.5 Å². The van der Waals surface area contributed by atoms with E-state index in [2.05, 4.69) is 20.3 Å². The van der Waals surface area contributed by atoms with Crippen molar-refractivity contribution in [3.63, 3.8) is 0 Å². The maximum atomic E-state index is 12.8. The first kappa shape index (κ1) is 20.0. The van der Waals surface area contributed by atoms with E-state index < -0.39 is 0 Å². The maximum Gasteiger partial charge on any atom is 0.268 e. The lowest BCUT2D eigenvalue weighted by atomic mass is 9.95. The molecule has 1 aliphatic heterocycles. The molecule has 1 fully saturated rings. The number of rotatable bonds is 4. The SMILES string of the molecule is Cn1ncc(N2CCC(C(=O)Nc3ccc4oc(-c5ccccc5)nc4c3)CC2)cc1=O. The monoisotopic (exact) mass is 429 g/mol. The van der Waals surface area contributed by atoms with Crippen LogP contribution in [0.5, 0.6) is 0 Å². The highest BCUT2D eigenvalue weighted by Gasteiger charge is 2.25. The van der Waals surface area contributed by atoms with Gasteiger partial charge in [-0.2, -0.15) is 5.10 Å². The lowest BCUT2D eigenvalue weighted by Crippen LogP contribution is -2.39. The van der Waals surface area contributed by atoms with Crippen LogP contribution in [0.2, 0.25) is 0 Å². The predicted molar refractivity (Wildman–Crippen MR) is 122 cm³/mol. The molecular formula is C24H23N5O3. The summed E-state index contributed by atoms with van der Waals surface area (Å²) < 4.78 is 7.15. The first-order chi connectivity index (χ1) is 15.6. The molecular weight excluding hydrogens is 406 g/mol. The molecule has 1 N–H and O–H groups in total. The fourth-order valence-electron chi connectivity index (χ4n) is 3.99. The molecule has 2 aromatic heterocycles. The Morgan fingerprint density at radius 2 is 1.88 bits per heavy atom. The number of carbonyl (C=O) groups is 1. The number of oxazole rings is 1. The van der Waals surface area contributed by atoms with Gasteiger partial charge in [0, 0.05) is 43.4 Å². The predicted octanol–water partition coefficient (Wildman–Crippen LogP) is 3.44. The molecule has 0 bridgehead atoms. The zero-order valence-corrected chi connectivity index (χ0v) is 17.7. The van der Waals surface area contributed by atoms with Crippen molar-refractivity contribution in [2.75, 3.05) is 23.3 Å². The summed E-state index contributed by atoms with van der Waals surface area (Å²) >= 11 is 0. The van der Waals surface area contributed by atoms with E-state index in [1.54, 1.807) is 19.3 Å². The summed E-state index contributed by atoms with van der Waals surface area (Å²) in [6, 6.07) is 16.8. The molecule has 32 heavy (non-hydrogen) atoms. The Balaban J connectivity index is 1.24. The molecule has 1 amide bonds. The number of anilines is 2. The summed E-state index contributed by atoms with van der Waals surface area (Å²) in [5, 5.41) is 7.10. The molecule has 8 heteroatoms. The number of amides is 1. The van der Waals surface area contributed by atoms with Crippen molar-refractivity contribution in [1.29, 1.82) is 0 Å². The fraction of sp³-hybridized carbons (Fsp3) is 0.250. The Hall–Kier alpha value is -3.94. The van der Waals surface area contributed by atoms with Crippen LogP contribution in [0.4, 0.5) is 11.4 Å². The fourth-order valence-corrected chi connectivity index (χ4v) is 3.99. The van der Waals surface area contributed by atoms with Crippen molar-refractivity contribution in [1.82, 2.24) is 14.8 Å². The van der Waals surface area contributed by atoms with Gasteiger partial charge in [-0.1, -0.05) is 18.2 Å². The minimum Gasteiger partial charge on any atom is -0.436 e. The minimum absolute atomic E-state index is 0.00196. The van der Waals surface area contributed by atoms with Crippen molar-refractivity contribution in [2.45, 2.75) is 12.8 Å². The third kappa shape index (κ3) is 3.99. The van der Waals surface area contributed by atoms with Gasteiger partial charge in [-0.15, -0.1) is 0 Å². The number of piperidine rings is 1. The van der Waals surface area contributed by atoms with Crippen LogP contribution < -0.4 is 15.8 Å². The van der Waals surface area contributed by atoms with Gasteiger partial charge in [-0.3, -0.25) is 9.59 Å². The van der Waals surface area contributed by atoms with Crippen LogP contribution in [0, 0.1) is 5.92 Å². The summed E-state index contributed by atoms with van der Waals surface area (Å²) in [6.45, 7) is 1.41.